The lowest BCUT2D eigenvalue weighted by atomic mass is 10.2. The zero-order valence-electron chi connectivity index (χ0n) is 9.60. The lowest BCUT2D eigenvalue weighted by molar-refractivity contribution is 0.0831. The van der Waals surface area contributed by atoms with E-state index in [2.05, 4.69) is 0 Å². The fourth-order valence-corrected chi connectivity index (χ4v) is 1.30. The van der Waals surface area contributed by atoms with Gasteiger partial charge < -0.3 is 14.7 Å². The standard InChI is InChI=1S/C12H19NO2/c1-10-4-6-12(7-5-10)15-9-11(14)8-13(2)3/h4-7,11,14H,8-9H2,1-3H3/t11-/m1/s1. The van der Waals surface area contributed by atoms with E-state index in [-0.39, 0.29) is 0 Å². The Bertz CT molecular complexity index is 282. The van der Waals surface area contributed by atoms with Crippen LogP contribution in [0.3, 0.4) is 0 Å². The minimum Gasteiger partial charge on any atom is -0.491 e. The topological polar surface area (TPSA) is 32.7 Å². The maximum Gasteiger partial charge on any atom is 0.119 e. The average Bonchev–Trinajstić information content (AvgIpc) is 2.16. The van der Waals surface area contributed by atoms with Gasteiger partial charge in [0.25, 0.3) is 0 Å². The van der Waals surface area contributed by atoms with Gasteiger partial charge in [-0.2, -0.15) is 0 Å². The van der Waals surface area contributed by atoms with Gasteiger partial charge in [-0.15, -0.1) is 0 Å². The van der Waals surface area contributed by atoms with E-state index in [0.29, 0.717) is 13.2 Å². The minimum absolute atomic E-state index is 0.335. The summed E-state index contributed by atoms with van der Waals surface area (Å²) in [6.07, 6.45) is -0.443. The second kappa shape index (κ2) is 5.73. The SMILES string of the molecule is Cc1ccc(OC[C@H](O)CN(C)C)cc1. The van der Waals surface area contributed by atoms with Crippen molar-refractivity contribution in [3.63, 3.8) is 0 Å². The first-order valence-electron chi connectivity index (χ1n) is 5.10. The van der Waals surface area contributed by atoms with Crippen molar-refractivity contribution in [2.45, 2.75) is 13.0 Å². The second-order valence-corrected chi connectivity index (χ2v) is 4.04. The Labute approximate surface area is 91.3 Å². The van der Waals surface area contributed by atoms with Crippen molar-refractivity contribution in [2.75, 3.05) is 27.2 Å². The number of nitrogens with zero attached hydrogens (tertiary/aromatic N) is 1. The molecule has 0 aliphatic heterocycles. The molecular weight excluding hydrogens is 190 g/mol. The summed E-state index contributed by atoms with van der Waals surface area (Å²) in [5, 5.41) is 9.57. The lowest BCUT2D eigenvalue weighted by Crippen LogP contribution is -2.30. The van der Waals surface area contributed by atoms with Crippen molar-refractivity contribution < 1.29 is 9.84 Å². The highest BCUT2D eigenvalue weighted by Crippen LogP contribution is 2.11. The number of aryl methyl sites for hydroxylation is 1. The van der Waals surface area contributed by atoms with Crippen molar-refractivity contribution in [1.82, 2.24) is 4.90 Å². The molecule has 0 saturated heterocycles. The van der Waals surface area contributed by atoms with Crippen molar-refractivity contribution in [3.05, 3.63) is 29.8 Å². The lowest BCUT2D eigenvalue weighted by Gasteiger charge is -2.16. The summed E-state index contributed by atoms with van der Waals surface area (Å²) >= 11 is 0. The Kier molecular flexibility index (Phi) is 4.59. The maximum atomic E-state index is 9.57. The molecule has 0 radical (unpaired) electrons. The van der Waals surface area contributed by atoms with E-state index in [4.69, 9.17) is 4.74 Å². The monoisotopic (exact) mass is 209 g/mol. The number of aliphatic hydroxyl groups is 1. The fourth-order valence-electron chi connectivity index (χ4n) is 1.30. The van der Waals surface area contributed by atoms with Crippen LogP contribution in [0.4, 0.5) is 0 Å². The van der Waals surface area contributed by atoms with Crippen molar-refractivity contribution >= 4 is 0 Å². The molecule has 1 atom stereocenters. The first-order valence-corrected chi connectivity index (χ1v) is 5.10. The van der Waals surface area contributed by atoms with Gasteiger partial charge in [0, 0.05) is 6.54 Å². The van der Waals surface area contributed by atoms with Gasteiger partial charge in [0.15, 0.2) is 0 Å². The Morgan fingerprint density at radius 1 is 1.27 bits per heavy atom. The summed E-state index contributed by atoms with van der Waals surface area (Å²) in [7, 11) is 3.85. The molecule has 0 fully saturated rings. The minimum atomic E-state index is -0.443. The number of likely N-dealkylation sites (N-methyl/N-ethyl adjacent to an activating group) is 1. The summed E-state index contributed by atoms with van der Waals surface area (Å²) in [5.41, 5.74) is 1.20. The normalized spacial score (nSPS) is 12.9. The van der Waals surface area contributed by atoms with Crippen LogP contribution in [-0.4, -0.2) is 43.4 Å². The van der Waals surface area contributed by atoms with Gasteiger partial charge in [-0.1, -0.05) is 17.7 Å². The molecule has 0 aliphatic carbocycles. The number of hydrogen-bond acceptors (Lipinski definition) is 3. The Balaban J connectivity index is 2.33. The first-order chi connectivity index (χ1) is 7.08. The van der Waals surface area contributed by atoms with Crippen molar-refractivity contribution in [2.24, 2.45) is 0 Å². The molecule has 84 valence electrons. The van der Waals surface area contributed by atoms with E-state index >= 15 is 0 Å². The molecule has 0 unspecified atom stereocenters. The van der Waals surface area contributed by atoms with Gasteiger partial charge in [0.05, 0.1) is 0 Å². The van der Waals surface area contributed by atoms with Gasteiger partial charge >= 0.3 is 0 Å². The van der Waals surface area contributed by atoms with Crippen LogP contribution in [0.25, 0.3) is 0 Å². The molecule has 0 aromatic heterocycles. The maximum absolute atomic E-state index is 9.57. The van der Waals surface area contributed by atoms with Gasteiger partial charge in [0.1, 0.15) is 18.5 Å². The van der Waals surface area contributed by atoms with Crippen molar-refractivity contribution in [1.29, 1.82) is 0 Å². The number of ether oxygens (including phenoxy) is 1. The quantitative estimate of drug-likeness (QED) is 0.793. The summed E-state index contributed by atoms with van der Waals surface area (Å²) in [6, 6.07) is 7.82. The molecule has 0 saturated carbocycles. The number of benzene rings is 1. The van der Waals surface area contributed by atoms with Crippen molar-refractivity contribution in [3.8, 4) is 5.75 Å². The predicted octanol–water partition coefficient (Wildman–Crippen LogP) is 1.30. The van der Waals surface area contributed by atoms with E-state index in [0.717, 1.165) is 5.75 Å². The summed E-state index contributed by atoms with van der Waals surface area (Å²) in [4.78, 5) is 1.93. The number of aliphatic hydroxyl groups excluding tert-OH is 1. The van der Waals surface area contributed by atoms with Gasteiger partial charge in [0.2, 0.25) is 0 Å². The van der Waals surface area contributed by atoms with Crippen LogP contribution in [0.15, 0.2) is 24.3 Å². The summed E-state index contributed by atoms with van der Waals surface area (Å²) in [5.74, 6) is 0.804. The molecule has 3 nitrogen and oxygen atoms in total. The van der Waals surface area contributed by atoms with E-state index < -0.39 is 6.10 Å². The van der Waals surface area contributed by atoms with Gasteiger partial charge in [-0.05, 0) is 33.2 Å². The molecule has 1 aromatic carbocycles. The zero-order valence-corrected chi connectivity index (χ0v) is 9.60. The molecule has 1 aromatic rings. The molecule has 0 heterocycles. The molecule has 3 heteroatoms. The van der Waals surface area contributed by atoms with Crippen LogP contribution in [0, 0.1) is 6.92 Å². The average molecular weight is 209 g/mol. The second-order valence-electron chi connectivity index (χ2n) is 4.04. The zero-order chi connectivity index (χ0) is 11.3. The Morgan fingerprint density at radius 3 is 2.40 bits per heavy atom. The molecule has 1 N–H and O–H groups in total. The molecule has 0 aliphatic rings. The van der Waals surface area contributed by atoms with Crippen LogP contribution in [0.5, 0.6) is 5.75 Å². The highest BCUT2D eigenvalue weighted by molar-refractivity contribution is 5.26. The predicted molar refractivity (Wildman–Crippen MR) is 61.2 cm³/mol. The highest BCUT2D eigenvalue weighted by Gasteiger charge is 2.05. The van der Waals surface area contributed by atoms with Crippen LogP contribution >= 0.6 is 0 Å². The van der Waals surface area contributed by atoms with E-state index in [1.165, 1.54) is 5.56 Å². The third kappa shape index (κ3) is 4.81. The highest BCUT2D eigenvalue weighted by atomic mass is 16.5. The van der Waals surface area contributed by atoms with E-state index in [9.17, 15) is 5.11 Å². The molecule has 0 spiro atoms. The Morgan fingerprint density at radius 2 is 1.87 bits per heavy atom. The van der Waals surface area contributed by atoms with Crippen LogP contribution < -0.4 is 4.74 Å². The summed E-state index contributed by atoms with van der Waals surface area (Å²) < 4.78 is 5.45. The smallest absolute Gasteiger partial charge is 0.119 e. The third-order valence-electron chi connectivity index (χ3n) is 2.04. The van der Waals surface area contributed by atoms with Gasteiger partial charge in [-0.25, -0.2) is 0 Å². The van der Waals surface area contributed by atoms with E-state index in [1.54, 1.807) is 0 Å². The van der Waals surface area contributed by atoms with Crippen LogP contribution in [0.1, 0.15) is 5.56 Å². The summed E-state index contributed by atoms with van der Waals surface area (Å²) in [6.45, 7) is 2.98. The van der Waals surface area contributed by atoms with Crippen LogP contribution in [0.2, 0.25) is 0 Å². The Hall–Kier alpha value is -1.06. The molecule has 1 rings (SSSR count). The third-order valence-corrected chi connectivity index (χ3v) is 2.04. The number of hydrogen-bond donors (Lipinski definition) is 1. The van der Waals surface area contributed by atoms with E-state index in [1.807, 2.05) is 50.2 Å². The molecule has 0 bridgehead atoms. The molecule has 15 heavy (non-hydrogen) atoms. The largest absolute Gasteiger partial charge is 0.491 e. The fraction of sp³-hybridized carbons (Fsp3) is 0.500. The molecular formula is C12H19NO2. The first kappa shape index (κ1) is 12.0. The van der Waals surface area contributed by atoms with Crippen LogP contribution in [-0.2, 0) is 0 Å². The number of rotatable bonds is 5. The van der Waals surface area contributed by atoms with Gasteiger partial charge in [-0.3, -0.25) is 0 Å². The molecule has 0 amide bonds.